The van der Waals surface area contributed by atoms with E-state index in [0.29, 0.717) is 16.7 Å². The second kappa shape index (κ2) is 4.45. The Labute approximate surface area is 96.0 Å². The first kappa shape index (κ1) is 10.2. The van der Waals surface area contributed by atoms with Crippen molar-refractivity contribution in [2.75, 3.05) is 0 Å². The molecule has 0 N–H and O–H groups in total. The van der Waals surface area contributed by atoms with Crippen molar-refractivity contribution in [3.63, 3.8) is 0 Å². The molecule has 0 atom stereocenters. The van der Waals surface area contributed by atoms with Crippen LogP contribution in [0.4, 0.5) is 0 Å². The van der Waals surface area contributed by atoms with Crippen LogP contribution in [0.3, 0.4) is 0 Å². The number of rotatable bonds is 3. The summed E-state index contributed by atoms with van der Waals surface area (Å²) in [5, 5.41) is 0. The quantitative estimate of drug-likeness (QED) is 0.795. The van der Waals surface area contributed by atoms with E-state index in [-0.39, 0.29) is 5.78 Å². The van der Waals surface area contributed by atoms with Crippen molar-refractivity contribution in [1.82, 2.24) is 0 Å². The van der Waals surface area contributed by atoms with Crippen LogP contribution in [0.25, 0.3) is 0 Å². The molecule has 15 heavy (non-hydrogen) atoms. The molecular formula is C12H9BrO2. The standard InChI is InChI=1S/C12H9BrO2/c13-10-6-7-15-12(10)11(14)8-9-4-2-1-3-5-9/h1-7H,8H2. The molecule has 0 aliphatic rings. The number of benzene rings is 1. The fourth-order valence-electron chi connectivity index (χ4n) is 1.35. The molecule has 1 heterocycles. The Balaban J connectivity index is 2.15. The molecule has 0 radical (unpaired) electrons. The van der Waals surface area contributed by atoms with Crippen LogP contribution in [0.5, 0.6) is 0 Å². The zero-order valence-corrected chi connectivity index (χ0v) is 9.53. The number of furan rings is 1. The lowest BCUT2D eigenvalue weighted by molar-refractivity contribution is 0.0965. The van der Waals surface area contributed by atoms with Crippen molar-refractivity contribution in [3.05, 3.63) is 58.5 Å². The largest absolute Gasteiger partial charge is 0.460 e. The fraction of sp³-hybridized carbons (Fsp3) is 0.0833. The highest BCUT2D eigenvalue weighted by atomic mass is 79.9. The van der Waals surface area contributed by atoms with Crippen LogP contribution in [0, 0.1) is 0 Å². The molecule has 1 aromatic heterocycles. The summed E-state index contributed by atoms with van der Waals surface area (Å²) in [5.41, 5.74) is 0.991. The van der Waals surface area contributed by atoms with E-state index in [2.05, 4.69) is 15.9 Å². The molecule has 0 aliphatic heterocycles. The summed E-state index contributed by atoms with van der Waals surface area (Å²) in [6.07, 6.45) is 1.87. The SMILES string of the molecule is O=C(Cc1ccccc1)c1occc1Br. The van der Waals surface area contributed by atoms with E-state index >= 15 is 0 Å². The molecule has 3 heteroatoms. The van der Waals surface area contributed by atoms with Crippen molar-refractivity contribution < 1.29 is 9.21 Å². The first-order valence-corrected chi connectivity index (χ1v) is 5.37. The molecule has 0 aliphatic carbocycles. The summed E-state index contributed by atoms with van der Waals surface area (Å²) in [6.45, 7) is 0. The molecular weight excluding hydrogens is 256 g/mol. The van der Waals surface area contributed by atoms with Gasteiger partial charge in [0.1, 0.15) is 0 Å². The number of halogens is 1. The summed E-state index contributed by atoms with van der Waals surface area (Å²) >= 11 is 3.27. The van der Waals surface area contributed by atoms with Crippen LogP contribution < -0.4 is 0 Å². The van der Waals surface area contributed by atoms with Crippen LogP contribution in [0.15, 0.2) is 51.6 Å². The average molecular weight is 265 g/mol. The highest BCUT2D eigenvalue weighted by Gasteiger charge is 2.13. The molecule has 0 saturated heterocycles. The van der Waals surface area contributed by atoms with Gasteiger partial charge in [0.25, 0.3) is 0 Å². The van der Waals surface area contributed by atoms with E-state index in [1.807, 2.05) is 30.3 Å². The predicted molar refractivity (Wildman–Crippen MR) is 60.9 cm³/mol. The zero-order valence-electron chi connectivity index (χ0n) is 7.94. The molecule has 0 saturated carbocycles. The maximum absolute atomic E-state index is 11.8. The number of carbonyl (C=O) groups is 1. The van der Waals surface area contributed by atoms with Gasteiger partial charge in [0.05, 0.1) is 10.7 Å². The predicted octanol–water partition coefficient (Wildman–Crippen LogP) is 3.47. The first-order chi connectivity index (χ1) is 7.27. The van der Waals surface area contributed by atoms with Crippen molar-refractivity contribution >= 4 is 21.7 Å². The van der Waals surface area contributed by atoms with E-state index < -0.39 is 0 Å². The Morgan fingerprint density at radius 2 is 1.93 bits per heavy atom. The number of hydrogen-bond donors (Lipinski definition) is 0. The van der Waals surface area contributed by atoms with Crippen LogP contribution in [-0.2, 0) is 6.42 Å². The highest BCUT2D eigenvalue weighted by Crippen LogP contribution is 2.19. The van der Waals surface area contributed by atoms with Crippen molar-refractivity contribution in [2.45, 2.75) is 6.42 Å². The molecule has 2 rings (SSSR count). The van der Waals surface area contributed by atoms with Crippen molar-refractivity contribution in [1.29, 1.82) is 0 Å². The van der Waals surface area contributed by atoms with Crippen molar-refractivity contribution in [2.24, 2.45) is 0 Å². The van der Waals surface area contributed by atoms with E-state index in [9.17, 15) is 4.79 Å². The van der Waals surface area contributed by atoms with Crippen LogP contribution in [0.1, 0.15) is 16.1 Å². The molecule has 0 unspecified atom stereocenters. The molecule has 1 aromatic carbocycles. The third-order valence-corrected chi connectivity index (χ3v) is 2.70. The molecule has 0 spiro atoms. The van der Waals surface area contributed by atoms with Gasteiger partial charge < -0.3 is 4.42 Å². The minimum Gasteiger partial charge on any atom is -0.460 e. The maximum atomic E-state index is 11.8. The van der Waals surface area contributed by atoms with Gasteiger partial charge in [0.15, 0.2) is 5.76 Å². The van der Waals surface area contributed by atoms with Crippen LogP contribution in [-0.4, -0.2) is 5.78 Å². The molecule has 0 amide bonds. The number of ketones is 1. The van der Waals surface area contributed by atoms with E-state index in [1.54, 1.807) is 6.07 Å². The Kier molecular flexibility index (Phi) is 3.02. The second-order valence-electron chi connectivity index (χ2n) is 3.18. The summed E-state index contributed by atoms with van der Waals surface area (Å²) < 4.78 is 5.81. The summed E-state index contributed by atoms with van der Waals surface area (Å²) in [7, 11) is 0. The summed E-state index contributed by atoms with van der Waals surface area (Å²) in [5.74, 6) is 0.372. The number of hydrogen-bond acceptors (Lipinski definition) is 2. The number of carbonyl (C=O) groups excluding carboxylic acids is 1. The van der Waals surface area contributed by atoms with Crippen molar-refractivity contribution in [3.8, 4) is 0 Å². The van der Waals surface area contributed by atoms with Gasteiger partial charge >= 0.3 is 0 Å². The maximum Gasteiger partial charge on any atom is 0.203 e. The molecule has 0 bridgehead atoms. The van der Waals surface area contributed by atoms with E-state index in [0.717, 1.165) is 5.56 Å². The van der Waals surface area contributed by atoms with E-state index in [1.165, 1.54) is 6.26 Å². The number of Topliss-reactive ketones (excluding diaryl/α,β-unsaturated/α-hetero) is 1. The van der Waals surface area contributed by atoms with Crippen LogP contribution in [0.2, 0.25) is 0 Å². The summed E-state index contributed by atoms with van der Waals surface area (Å²) in [6, 6.07) is 11.3. The van der Waals surface area contributed by atoms with Gasteiger partial charge in [-0.05, 0) is 27.6 Å². The molecule has 2 nitrogen and oxygen atoms in total. The Morgan fingerprint density at radius 1 is 1.20 bits per heavy atom. The lowest BCUT2D eigenvalue weighted by Crippen LogP contribution is -2.02. The Bertz CT molecular complexity index is 459. The van der Waals surface area contributed by atoms with Gasteiger partial charge in [0.2, 0.25) is 5.78 Å². The van der Waals surface area contributed by atoms with Crippen LogP contribution >= 0.6 is 15.9 Å². The third-order valence-electron chi connectivity index (χ3n) is 2.08. The van der Waals surface area contributed by atoms with Gasteiger partial charge in [-0.15, -0.1) is 0 Å². The lowest BCUT2D eigenvalue weighted by Gasteiger charge is -1.98. The molecule has 76 valence electrons. The Hall–Kier alpha value is -1.35. The molecule has 0 fully saturated rings. The zero-order chi connectivity index (χ0) is 10.7. The van der Waals surface area contributed by atoms with Gasteiger partial charge in [-0.2, -0.15) is 0 Å². The first-order valence-electron chi connectivity index (χ1n) is 4.57. The Morgan fingerprint density at radius 3 is 2.53 bits per heavy atom. The average Bonchev–Trinajstić information content (AvgIpc) is 2.66. The smallest absolute Gasteiger partial charge is 0.203 e. The second-order valence-corrected chi connectivity index (χ2v) is 4.04. The lowest BCUT2D eigenvalue weighted by atomic mass is 10.1. The monoisotopic (exact) mass is 264 g/mol. The van der Waals surface area contributed by atoms with Gasteiger partial charge in [-0.25, -0.2) is 0 Å². The fourth-order valence-corrected chi connectivity index (χ4v) is 1.78. The van der Waals surface area contributed by atoms with Gasteiger partial charge in [-0.3, -0.25) is 4.79 Å². The normalized spacial score (nSPS) is 10.2. The highest BCUT2D eigenvalue weighted by molar-refractivity contribution is 9.10. The third kappa shape index (κ3) is 2.36. The topological polar surface area (TPSA) is 30.2 Å². The van der Waals surface area contributed by atoms with Gasteiger partial charge in [-0.1, -0.05) is 30.3 Å². The molecule has 2 aromatic rings. The minimum atomic E-state index is -0.0157. The minimum absolute atomic E-state index is 0.0157. The van der Waals surface area contributed by atoms with Gasteiger partial charge in [0, 0.05) is 6.42 Å². The van der Waals surface area contributed by atoms with E-state index in [4.69, 9.17) is 4.42 Å². The summed E-state index contributed by atoms with van der Waals surface area (Å²) in [4.78, 5) is 11.8.